The molecular weight excluding hydrogens is 316 g/mol. The highest BCUT2D eigenvalue weighted by Crippen LogP contribution is 2.36. The molecule has 0 aliphatic heterocycles. The van der Waals surface area contributed by atoms with Crippen LogP contribution in [0.2, 0.25) is 0 Å². The number of rotatable bonds is 1. The molecule has 0 N–H and O–H groups in total. The molecule has 0 nitrogen and oxygen atoms in total. The van der Waals surface area contributed by atoms with E-state index in [1.54, 1.807) is 0 Å². The predicted molar refractivity (Wildman–Crippen MR) is 73.0 cm³/mol. The Morgan fingerprint density at radius 3 is 2.87 bits per heavy atom. The minimum Gasteiger partial charge on any atom is -0.0949 e. The molecule has 1 aromatic rings. The Morgan fingerprint density at radius 1 is 1.33 bits per heavy atom. The Balaban J connectivity index is 2.51. The molecule has 0 amide bonds. The van der Waals surface area contributed by atoms with Gasteiger partial charge in [0, 0.05) is 4.47 Å². The summed E-state index contributed by atoms with van der Waals surface area (Å²) in [5.41, 5.74) is 5.08. The molecule has 0 fully saturated rings. The number of halogens is 2. The van der Waals surface area contributed by atoms with Gasteiger partial charge in [0.15, 0.2) is 0 Å². The summed E-state index contributed by atoms with van der Waals surface area (Å²) < 4.78 is 1.13. The summed E-state index contributed by atoms with van der Waals surface area (Å²) in [7, 11) is 0. The molecule has 2 heteroatoms. The number of fused-ring (bicyclic) bond motifs is 1. The normalized spacial score (nSPS) is 17.7. The van der Waals surface area contributed by atoms with Crippen molar-refractivity contribution < 1.29 is 0 Å². The van der Waals surface area contributed by atoms with Crippen molar-refractivity contribution in [3.63, 3.8) is 0 Å². The molecule has 0 saturated heterocycles. The smallest absolute Gasteiger partial charge is 0.0178 e. The van der Waals surface area contributed by atoms with Crippen molar-refractivity contribution in [1.29, 1.82) is 0 Å². The Morgan fingerprint density at radius 2 is 2.13 bits per heavy atom. The average molecular weight is 326 g/mol. The van der Waals surface area contributed by atoms with Crippen LogP contribution in [-0.4, -0.2) is 0 Å². The molecule has 0 heterocycles. The summed E-state index contributed by atoms with van der Waals surface area (Å²) in [5, 5.41) is 0. The summed E-state index contributed by atoms with van der Waals surface area (Å²) in [5.74, 6) is 0. The first-order valence-corrected chi connectivity index (χ1v) is 6.37. The van der Waals surface area contributed by atoms with E-state index in [-0.39, 0.29) is 0 Å². The first-order chi connectivity index (χ1) is 7.22. The Bertz CT molecular complexity index is 467. The van der Waals surface area contributed by atoms with Crippen LogP contribution in [0.5, 0.6) is 0 Å². The molecular formula is C13H10Br2. The van der Waals surface area contributed by atoms with Gasteiger partial charge < -0.3 is 0 Å². The van der Waals surface area contributed by atoms with Crippen LogP contribution in [0.4, 0.5) is 0 Å². The van der Waals surface area contributed by atoms with Crippen LogP contribution >= 0.6 is 31.9 Å². The summed E-state index contributed by atoms with van der Waals surface area (Å²) >= 11 is 6.75. The monoisotopic (exact) mass is 324 g/mol. The summed E-state index contributed by atoms with van der Waals surface area (Å²) in [6.45, 7) is 4.10. The van der Waals surface area contributed by atoms with Gasteiger partial charge >= 0.3 is 0 Å². The van der Waals surface area contributed by atoms with Gasteiger partial charge in [-0.2, -0.15) is 0 Å². The molecule has 0 bridgehead atoms. The molecule has 0 atom stereocenters. The lowest BCUT2D eigenvalue weighted by Crippen LogP contribution is -1.79. The van der Waals surface area contributed by atoms with Gasteiger partial charge in [0.05, 0.1) is 0 Å². The van der Waals surface area contributed by atoms with Crippen LogP contribution in [-0.2, 0) is 6.42 Å². The van der Waals surface area contributed by atoms with Crippen LogP contribution in [0, 0.1) is 0 Å². The van der Waals surface area contributed by atoms with Gasteiger partial charge in [0.25, 0.3) is 0 Å². The zero-order valence-electron chi connectivity index (χ0n) is 8.13. The van der Waals surface area contributed by atoms with Crippen molar-refractivity contribution in [3.05, 3.63) is 63.1 Å². The molecule has 1 aliphatic carbocycles. The molecule has 2 rings (SSSR count). The van der Waals surface area contributed by atoms with Crippen molar-refractivity contribution in [2.75, 3.05) is 0 Å². The number of benzene rings is 1. The minimum atomic E-state index is 0.955. The van der Waals surface area contributed by atoms with Gasteiger partial charge in [-0.15, -0.1) is 0 Å². The second-order valence-electron chi connectivity index (χ2n) is 3.48. The highest BCUT2D eigenvalue weighted by molar-refractivity contribution is 9.11. The van der Waals surface area contributed by atoms with Crippen LogP contribution in [0.3, 0.4) is 0 Å². The van der Waals surface area contributed by atoms with Gasteiger partial charge in [-0.05, 0) is 45.8 Å². The second kappa shape index (κ2) is 4.50. The molecule has 1 aliphatic rings. The van der Waals surface area contributed by atoms with Crippen LogP contribution < -0.4 is 0 Å². The fraction of sp³-hybridized carbons (Fsp3) is 0.0769. The lowest BCUT2D eigenvalue weighted by molar-refractivity contribution is 1.27. The Hall–Kier alpha value is -0.600. The molecule has 0 aromatic heterocycles. The van der Waals surface area contributed by atoms with E-state index in [2.05, 4.69) is 62.7 Å². The molecule has 76 valence electrons. The van der Waals surface area contributed by atoms with Crippen molar-refractivity contribution >= 4 is 37.4 Å². The van der Waals surface area contributed by atoms with E-state index < -0.39 is 0 Å². The van der Waals surface area contributed by atoms with E-state index in [1.807, 2.05) is 11.1 Å². The topological polar surface area (TPSA) is 0 Å². The van der Waals surface area contributed by atoms with E-state index in [9.17, 15) is 0 Å². The highest BCUT2D eigenvalue weighted by Gasteiger charge is 2.18. The molecule has 0 spiro atoms. The van der Waals surface area contributed by atoms with Gasteiger partial charge in [-0.3, -0.25) is 0 Å². The maximum Gasteiger partial charge on any atom is 0.0178 e. The zero-order chi connectivity index (χ0) is 10.8. The van der Waals surface area contributed by atoms with Crippen LogP contribution in [0.25, 0.3) is 5.57 Å². The summed E-state index contributed by atoms with van der Waals surface area (Å²) in [4.78, 5) is 1.85. The van der Waals surface area contributed by atoms with Gasteiger partial charge in [0.2, 0.25) is 0 Å². The van der Waals surface area contributed by atoms with Crippen molar-refractivity contribution in [3.8, 4) is 0 Å². The van der Waals surface area contributed by atoms with E-state index >= 15 is 0 Å². The van der Waals surface area contributed by atoms with E-state index in [1.165, 1.54) is 22.3 Å². The average Bonchev–Trinajstić information content (AvgIpc) is 2.50. The summed E-state index contributed by atoms with van der Waals surface area (Å²) in [6, 6.07) is 6.38. The first kappa shape index (κ1) is 10.9. The van der Waals surface area contributed by atoms with Gasteiger partial charge in [-0.25, -0.2) is 0 Å². The third-order valence-electron chi connectivity index (χ3n) is 2.48. The molecule has 15 heavy (non-hydrogen) atoms. The second-order valence-corrected chi connectivity index (χ2v) is 4.92. The van der Waals surface area contributed by atoms with E-state index in [4.69, 9.17) is 0 Å². The highest BCUT2D eigenvalue weighted by atomic mass is 79.9. The third kappa shape index (κ3) is 2.16. The third-order valence-corrected chi connectivity index (χ3v) is 3.28. The lowest BCUT2D eigenvalue weighted by atomic mass is 10.1. The number of allylic oxidation sites excluding steroid dienone is 4. The predicted octanol–water partition coefficient (Wildman–Crippen LogP) is 4.85. The first-order valence-electron chi connectivity index (χ1n) is 4.66. The van der Waals surface area contributed by atoms with E-state index in [0.717, 1.165) is 10.9 Å². The molecule has 1 aromatic carbocycles. The molecule has 0 saturated carbocycles. The quantitative estimate of drug-likeness (QED) is 0.692. The van der Waals surface area contributed by atoms with Crippen molar-refractivity contribution in [1.82, 2.24) is 0 Å². The minimum absolute atomic E-state index is 0.955. The maximum absolute atomic E-state index is 4.10. The van der Waals surface area contributed by atoms with Crippen LogP contribution in [0.1, 0.15) is 11.1 Å². The summed E-state index contributed by atoms with van der Waals surface area (Å²) in [6.07, 6.45) is 5.03. The van der Waals surface area contributed by atoms with E-state index in [0.29, 0.717) is 0 Å². The largest absolute Gasteiger partial charge is 0.0949 e. The zero-order valence-corrected chi connectivity index (χ0v) is 11.3. The van der Waals surface area contributed by atoms with Crippen molar-refractivity contribution in [2.45, 2.75) is 6.42 Å². The molecule has 0 unspecified atom stereocenters. The fourth-order valence-electron chi connectivity index (χ4n) is 1.83. The van der Waals surface area contributed by atoms with Crippen molar-refractivity contribution in [2.24, 2.45) is 0 Å². The number of hydrogen-bond donors (Lipinski definition) is 0. The Labute approximate surface area is 107 Å². The van der Waals surface area contributed by atoms with Crippen LogP contribution in [0.15, 0.2) is 52.0 Å². The number of hydrogen-bond acceptors (Lipinski definition) is 0. The lowest BCUT2D eigenvalue weighted by Gasteiger charge is -2.00. The van der Waals surface area contributed by atoms with Gasteiger partial charge in [-0.1, -0.05) is 56.7 Å². The SMILES string of the molecule is C=C1Cc2cc(Br)ccc2/C1=C/C=C/Br. The molecule has 0 radical (unpaired) electrons. The standard InChI is InChI=1S/C13H10Br2/c1-9-7-10-8-11(15)4-5-13(10)12(9)3-2-6-14/h2-6,8H,1,7H2/b6-2+,12-3+. The fourth-order valence-corrected chi connectivity index (χ4v) is 2.39. The van der Waals surface area contributed by atoms with Gasteiger partial charge in [0.1, 0.15) is 0 Å². The Kier molecular flexibility index (Phi) is 3.27. The maximum atomic E-state index is 4.10.